The Hall–Kier alpha value is -0.710. The number of hydrogen-bond donors (Lipinski definition) is 1. The molecule has 2 aromatic rings. The van der Waals surface area contributed by atoms with Crippen molar-refractivity contribution in [3.63, 3.8) is 0 Å². The zero-order valence-electron chi connectivity index (χ0n) is 7.93. The molecule has 0 aliphatic heterocycles. The smallest absolute Gasteiger partial charge is 0.0798 e. The molecule has 0 aromatic carbocycles. The first-order valence-electron chi connectivity index (χ1n) is 4.45. The fourth-order valence-electron chi connectivity index (χ4n) is 1.40. The molecular formula is C10H12N2S2. The zero-order valence-corrected chi connectivity index (χ0v) is 9.57. The van der Waals surface area contributed by atoms with Gasteiger partial charge in [0.25, 0.3) is 0 Å². The zero-order chi connectivity index (χ0) is 9.97. The predicted octanol–water partition coefficient (Wildman–Crippen LogP) is 2.76. The minimum absolute atomic E-state index is 0.0983. The SMILES string of the molecule is Cc1ncsc1C(N)Cc1cccs1. The average Bonchev–Trinajstić information content (AvgIpc) is 2.75. The van der Waals surface area contributed by atoms with Gasteiger partial charge in [-0.05, 0) is 18.4 Å². The van der Waals surface area contributed by atoms with E-state index in [9.17, 15) is 0 Å². The first-order chi connectivity index (χ1) is 6.77. The van der Waals surface area contributed by atoms with Crippen LogP contribution in [-0.4, -0.2) is 4.98 Å². The lowest BCUT2D eigenvalue weighted by molar-refractivity contribution is 0.737. The Bertz CT molecular complexity index is 392. The van der Waals surface area contributed by atoms with E-state index in [-0.39, 0.29) is 6.04 Å². The third kappa shape index (κ3) is 2.03. The van der Waals surface area contributed by atoms with E-state index in [1.165, 1.54) is 9.75 Å². The molecule has 4 heteroatoms. The van der Waals surface area contributed by atoms with Crippen molar-refractivity contribution < 1.29 is 0 Å². The molecule has 1 unspecified atom stereocenters. The van der Waals surface area contributed by atoms with E-state index in [4.69, 9.17) is 5.73 Å². The van der Waals surface area contributed by atoms with E-state index >= 15 is 0 Å². The topological polar surface area (TPSA) is 38.9 Å². The van der Waals surface area contributed by atoms with E-state index in [0.717, 1.165) is 12.1 Å². The second kappa shape index (κ2) is 4.21. The largest absolute Gasteiger partial charge is 0.323 e. The Morgan fingerprint density at radius 2 is 2.36 bits per heavy atom. The lowest BCUT2D eigenvalue weighted by Crippen LogP contribution is -2.12. The number of thiazole rings is 1. The van der Waals surface area contributed by atoms with Crippen molar-refractivity contribution >= 4 is 22.7 Å². The third-order valence-electron chi connectivity index (χ3n) is 2.12. The summed E-state index contributed by atoms with van der Waals surface area (Å²) in [5, 5.41) is 2.08. The number of rotatable bonds is 3. The van der Waals surface area contributed by atoms with Gasteiger partial charge in [0, 0.05) is 22.2 Å². The summed E-state index contributed by atoms with van der Waals surface area (Å²) in [5.41, 5.74) is 9.04. The van der Waals surface area contributed by atoms with Crippen molar-refractivity contribution in [2.45, 2.75) is 19.4 Å². The van der Waals surface area contributed by atoms with Crippen LogP contribution < -0.4 is 5.73 Å². The number of aryl methyl sites for hydroxylation is 1. The maximum atomic E-state index is 6.11. The molecule has 14 heavy (non-hydrogen) atoms. The Kier molecular flexibility index (Phi) is 2.96. The molecule has 2 N–H and O–H groups in total. The molecule has 0 fully saturated rings. The van der Waals surface area contributed by atoms with Gasteiger partial charge in [-0.25, -0.2) is 4.98 Å². The van der Waals surface area contributed by atoms with E-state index in [0.29, 0.717) is 0 Å². The number of hydrogen-bond acceptors (Lipinski definition) is 4. The Balaban J connectivity index is 2.10. The molecule has 1 atom stereocenters. The minimum atomic E-state index is 0.0983. The van der Waals surface area contributed by atoms with Crippen LogP contribution in [0.25, 0.3) is 0 Å². The number of aromatic nitrogens is 1. The van der Waals surface area contributed by atoms with Gasteiger partial charge < -0.3 is 5.73 Å². The van der Waals surface area contributed by atoms with Crippen molar-refractivity contribution in [2.24, 2.45) is 5.73 Å². The van der Waals surface area contributed by atoms with Gasteiger partial charge >= 0.3 is 0 Å². The summed E-state index contributed by atoms with van der Waals surface area (Å²) in [5.74, 6) is 0. The van der Waals surface area contributed by atoms with Gasteiger partial charge in [-0.1, -0.05) is 6.07 Å². The summed E-state index contributed by atoms with van der Waals surface area (Å²) < 4.78 is 0. The van der Waals surface area contributed by atoms with Crippen LogP contribution in [0.5, 0.6) is 0 Å². The fraction of sp³-hybridized carbons (Fsp3) is 0.300. The third-order valence-corrected chi connectivity index (χ3v) is 4.08. The van der Waals surface area contributed by atoms with Crippen LogP contribution in [0.2, 0.25) is 0 Å². The van der Waals surface area contributed by atoms with Gasteiger partial charge in [0.15, 0.2) is 0 Å². The van der Waals surface area contributed by atoms with Gasteiger partial charge in [0.2, 0.25) is 0 Å². The number of nitrogens with zero attached hydrogens (tertiary/aromatic N) is 1. The maximum Gasteiger partial charge on any atom is 0.0798 e. The Morgan fingerprint density at radius 3 is 2.93 bits per heavy atom. The maximum absolute atomic E-state index is 6.11. The molecule has 74 valence electrons. The van der Waals surface area contributed by atoms with Crippen LogP contribution in [0.15, 0.2) is 23.0 Å². The highest BCUT2D eigenvalue weighted by Gasteiger charge is 2.12. The van der Waals surface area contributed by atoms with Crippen molar-refractivity contribution in [3.05, 3.63) is 38.5 Å². The monoisotopic (exact) mass is 224 g/mol. The molecule has 2 nitrogen and oxygen atoms in total. The first-order valence-corrected chi connectivity index (χ1v) is 6.21. The van der Waals surface area contributed by atoms with E-state index in [1.807, 2.05) is 12.4 Å². The second-order valence-corrected chi connectivity index (χ2v) is 5.11. The summed E-state index contributed by atoms with van der Waals surface area (Å²) in [6.07, 6.45) is 0.917. The number of thiophene rings is 1. The molecule has 2 rings (SSSR count). The first kappa shape index (κ1) is 9.83. The number of nitrogens with two attached hydrogens (primary N) is 1. The van der Waals surface area contributed by atoms with Crippen molar-refractivity contribution in [2.75, 3.05) is 0 Å². The lowest BCUT2D eigenvalue weighted by atomic mass is 10.1. The van der Waals surface area contributed by atoms with Gasteiger partial charge in [0.05, 0.1) is 11.2 Å². The quantitative estimate of drug-likeness (QED) is 0.870. The molecular weight excluding hydrogens is 212 g/mol. The summed E-state index contributed by atoms with van der Waals surface area (Å²) in [7, 11) is 0. The van der Waals surface area contributed by atoms with Crippen LogP contribution >= 0.6 is 22.7 Å². The molecule has 0 bridgehead atoms. The molecule has 0 spiro atoms. The van der Waals surface area contributed by atoms with Crippen molar-refractivity contribution in [1.29, 1.82) is 0 Å². The molecule has 2 aromatic heterocycles. The fourth-order valence-corrected chi connectivity index (χ4v) is 2.98. The molecule has 0 amide bonds. The van der Waals surface area contributed by atoms with E-state index in [2.05, 4.69) is 22.5 Å². The van der Waals surface area contributed by atoms with Crippen molar-refractivity contribution in [1.82, 2.24) is 4.98 Å². The van der Waals surface area contributed by atoms with E-state index < -0.39 is 0 Å². The standard InChI is InChI=1S/C10H12N2S2/c1-7-10(14-6-12-7)9(11)5-8-3-2-4-13-8/h2-4,6,9H,5,11H2,1H3. The van der Waals surface area contributed by atoms with Crippen LogP contribution in [0.1, 0.15) is 21.5 Å². The van der Waals surface area contributed by atoms with Gasteiger partial charge in [-0.2, -0.15) is 0 Å². The summed E-state index contributed by atoms with van der Waals surface area (Å²) in [6, 6.07) is 4.29. The highest BCUT2D eigenvalue weighted by atomic mass is 32.1. The molecule has 0 aliphatic carbocycles. The van der Waals surface area contributed by atoms with Gasteiger partial charge in [-0.3, -0.25) is 0 Å². The second-order valence-electron chi connectivity index (χ2n) is 3.19. The molecule has 0 aliphatic rings. The van der Waals surface area contributed by atoms with Crippen LogP contribution in [0.4, 0.5) is 0 Å². The van der Waals surface area contributed by atoms with E-state index in [1.54, 1.807) is 22.7 Å². The van der Waals surface area contributed by atoms with Crippen LogP contribution in [0, 0.1) is 6.92 Å². The summed E-state index contributed by atoms with van der Waals surface area (Å²) in [6.45, 7) is 2.01. The Labute approximate surface area is 91.4 Å². The highest BCUT2D eigenvalue weighted by molar-refractivity contribution is 7.10. The lowest BCUT2D eigenvalue weighted by Gasteiger charge is -2.08. The Morgan fingerprint density at radius 1 is 1.50 bits per heavy atom. The normalized spacial score (nSPS) is 13.0. The van der Waals surface area contributed by atoms with Gasteiger partial charge in [0.1, 0.15) is 0 Å². The summed E-state index contributed by atoms with van der Waals surface area (Å²) in [4.78, 5) is 6.75. The molecule has 0 radical (unpaired) electrons. The van der Waals surface area contributed by atoms with Crippen LogP contribution in [0.3, 0.4) is 0 Å². The molecule has 0 saturated carbocycles. The summed E-state index contributed by atoms with van der Waals surface area (Å²) >= 11 is 3.41. The van der Waals surface area contributed by atoms with Crippen molar-refractivity contribution in [3.8, 4) is 0 Å². The van der Waals surface area contributed by atoms with Gasteiger partial charge in [-0.15, -0.1) is 22.7 Å². The minimum Gasteiger partial charge on any atom is -0.323 e. The predicted molar refractivity (Wildman–Crippen MR) is 61.8 cm³/mol. The van der Waals surface area contributed by atoms with Crippen LogP contribution in [-0.2, 0) is 6.42 Å². The highest BCUT2D eigenvalue weighted by Crippen LogP contribution is 2.24. The molecule has 0 saturated heterocycles. The molecule has 2 heterocycles. The average molecular weight is 224 g/mol.